The first-order valence-electron chi connectivity index (χ1n) is 3.11. The zero-order chi connectivity index (χ0) is 7.40. The molecule has 0 aliphatic carbocycles. The molecule has 54 valence electrons. The molecule has 0 unspecified atom stereocenters. The van der Waals surface area contributed by atoms with Gasteiger partial charge in [-0.2, -0.15) is 0 Å². The minimum Gasteiger partial charge on any atom is -0.368 e. The van der Waals surface area contributed by atoms with E-state index in [-0.39, 0.29) is 0 Å². The number of aliphatic imine (C=N–C) groups is 2. The van der Waals surface area contributed by atoms with Gasteiger partial charge >= 0.3 is 0 Å². The van der Waals surface area contributed by atoms with E-state index in [9.17, 15) is 0 Å². The van der Waals surface area contributed by atoms with E-state index in [4.69, 9.17) is 11.5 Å². The van der Waals surface area contributed by atoms with Crippen molar-refractivity contribution in [3.05, 3.63) is 11.8 Å². The van der Waals surface area contributed by atoms with E-state index in [0.29, 0.717) is 12.5 Å². The van der Waals surface area contributed by atoms with Gasteiger partial charge < -0.3 is 11.5 Å². The summed E-state index contributed by atoms with van der Waals surface area (Å²) < 4.78 is 0. The van der Waals surface area contributed by atoms with Crippen LogP contribution in [0.25, 0.3) is 0 Å². The lowest BCUT2D eigenvalue weighted by Crippen LogP contribution is -2.03. The van der Waals surface area contributed by atoms with E-state index in [1.54, 1.807) is 6.21 Å². The number of nitrogens with zero attached hydrogens (tertiary/aromatic N) is 2. The molecule has 0 amide bonds. The highest BCUT2D eigenvalue weighted by atomic mass is 15.1. The monoisotopic (exact) mass is 138 g/mol. The van der Waals surface area contributed by atoms with Gasteiger partial charge in [-0.25, -0.2) is 9.98 Å². The van der Waals surface area contributed by atoms with Gasteiger partial charge in [0.2, 0.25) is 5.96 Å². The zero-order valence-electron chi connectivity index (χ0n) is 5.62. The molecule has 0 radical (unpaired) electrons. The molecular formula is C6H10N4. The first-order valence-corrected chi connectivity index (χ1v) is 3.11. The highest BCUT2D eigenvalue weighted by Gasteiger charge is 1.98. The molecule has 0 aromatic heterocycles. The van der Waals surface area contributed by atoms with E-state index in [0.717, 1.165) is 12.1 Å². The number of hydrogen-bond acceptors (Lipinski definition) is 4. The summed E-state index contributed by atoms with van der Waals surface area (Å²) in [4.78, 5) is 7.67. The smallest absolute Gasteiger partial charge is 0.220 e. The summed E-state index contributed by atoms with van der Waals surface area (Å²) in [5, 5.41) is 0. The van der Waals surface area contributed by atoms with Crippen LogP contribution in [-0.4, -0.2) is 18.7 Å². The molecule has 1 heterocycles. The molecule has 0 aromatic rings. The Labute approximate surface area is 59.3 Å². The van der Waals surface area contributed by atoms with Gasteiger partial charge in [0.05, 0.1) is 11.9 Å². The zero-order valence-corrected chi connectivity index (χ0v) is 5.62. The second-order valence-electron chi connectivity index (χ2n) is 1.93. The van der Waals surface area contributed by atoms with Crippen LogP contribution in [0.2, 0.25) is 0 Å². The summed E-state index contributed by atoms with van der Waals surface area (Å²) in [6.07, 6.45) is 4.35. The molecule has 10 heavy (non-hydrogen) atoms. The Morgan fingerprint density at radius 1 is 1.60 bits per heavy atom. The van der Waals surface area contributed by atoms with Crippen molar-refractivity contribution in [1.29, 1.82) is 0 Å². The lowest BCUT2D eigenvalue weighted by atomic mass is 10.3. The second-order valence-corrected chi connectivity index (χ2v) is 1.93. The van der Waals surface area contributed by atoms with Crippen LogP contribution in [0.3, 0.4) is 0 Å². The van der Waals surface area contributed by atoms with Crippen LogP contribution in [0.15, 0.2) is 21.8 Å². The van der Waals surface area contributed by atoms with E-state index >= 15 is 0 Å². The highest BCUT2D eigenvalue weighted by Crippen LogP contribution is 2.00. The van der Waals surface area contributed by atoms with Crippen molar-refractivity contribution in [2.24, 2.45) is 21.5 Å². The highest BCUT2D eigenvalue weighted by molar-refractivity contribution is 5.99. The topological polar surface area (TPSA) is 76.8 Å². The Morgan fingerprint density at radius 3 is 2.90 bits per heavy atom. The first kappa shape index (κ1) is 6.95. The average Bonchev–Trinajstić information content (AvgIpc) is 2.31. The largest absolute Gasteiger partial charge is 0.368 e. The van der Waals surface area contributed by atoms with Crippen molar-refractivity contribution >= 4 is 12.2 Å². The van der Waals surface area contributed by atoms with Crippen molar-refractivity contribution in [3.63, 3.8) is 0 Å². The third-order valence-corrected chi connectivity index (χ3v) is 1.09. The SMILES string of the molecule is NCC/C=C1\C=NC(N)=N1. The summed E-state index contributed by atoms with van der Waals surface area (Å²) in [6.45, 7) is 0.632. The van der Waals surface area contributed by atoms with E-state index < -0.39 is 0 Å². The standard InChI is InChI=1S/C6H10N4/c7-3-1-2-5-4-9-6(8)10-5/h2,4H,1,3,7H2,(H2,8,10)/b5-2+. The third kappa shape index (κ3) is 1.66. The van der Waals surface area contributed by atoms with Gasteiger partial charge in [-0.3, -0.25) is 0 Å². The Balaban J connectivity index is 2.53. The molecule has 0 aromatic carbocycles. The van der Waals surface area contributed by atoms with Crippen molar-refractivity contribution in [3.8, 4) is 0 Å². The fourth-order valence-corrected chi connectivity index (χ4v) is 0.652. The number of nitrogens with two attached hydrogens (primary N) is 2. The number of allylic oxidation sites excluding steroid dienone is 1. The molecule has 4 N–H and O–H groups in total. The summed E-state index contributed by atoms with van der Waals surface area (Å²) in [5.74, 6) is 0.322. The number of rotatable bonds is 2. The van der Waals surface area contributed by atoms with E-state index in [2.05, 4.69) is 9.98 Å². The van der Waals surface area contributed by atoms with Crippen LogP contribution in [0, 0.1) is 0 Å². The molecule has 0 saturated carbocycles. The minimum absolute atomic E-state index is 0.322. The normalized spacial score (nSPS) is 20.1. The molecule has 4 heteroatoms. The Morgan fingerprint density at radius 2 is 2.40 bits per heavy atom. The molecule has 1 aliphatic heterocycles. The Bertz CT molecular complexity index is 202. The lowest BCUT2D eigenvalue weighted by molar-refractivity contribution is 1.00. The van der Waals surface area contributed by atoms with Crippen LogP contribution in [-0.2, 0) is 0 Å². The minimum atomic E-state index is 0.322. The summed E-state index contributed by atoms with van der Waals surface area (Å²) >= 11 is 0. The third-order valence-electron chi connectivity index (χ3n) is 1.09. The fraction of sp³-hybridized carbons (Fsp3) is 0.333. The Hall–Kier alpha value is -1.16. The second kappa shape index (κ2) is 3.12. The molecule has 1 rings (SSSR count). The maximum absolute atomic E-state index is 5.28. The molecular weight excluding hydrogens is 128 g/mol. The van der Waals surface area contributed by atoms with Gasteiger partial charge in [0, 0.05) is 0 Å². The van der Waals surface area contributed by atoms with Gasteiger partial charge in [-0.15, -0.1) is 0 Å². The molecule has 0 saturated heterocycles. The maximum atomic E-state index is 5.28. The van der Waals surface area contributed by atoms with Gasteiger partial charge in [-0.05, 0) is 13.0 Å². The molecule has 4 nitrogen and oxygen atoms in total. The van der Waals surface area contributed by atoms with Crippen molar-refractivity contribution in [1.82, 2.24) is 0 Å². The van der Waals surface area contributed by atoms with Crippen LogP contribution >= 0.6 is 0 Å². The predicted molar refractivity (Wildman–Crippen MR) is 41.9 cm³/mol. The average molecular weight is 138 g/mol. The first-order chi connectivity index (χ1) is 4.83. The van der Waals surface area contributed by atoms with Crippen LogP contribution in [0.1, 0.15) is 6.42 Å². The maximum Gasteiger partial charge on any atom is 0.220 e. The molecule has 0 bridgehead atoms. The van der Waals surface area contributed by atoms with Crippen LogP contribution in [0.4, 0.5) is 0 Å². The molecule has 0 fully saturated rings. The van der Waals surface area contributed by atoms with E-state index in [1.807, 2.05) is 6.08 Å². The Kier molecular flexibility index (Phi) is 2.17. The lowest BCUT2D eigenvalue weighted by Gasteiger charge is -1.85. The molecule has 1 aliphatic rings. The van der Waals surface area contributed by atoms with Crippen LogP contribution < -0.4 is 11.5 Å². The van der Waals surface area contributed by atoms with Crippen molar-refractivity contribution < 1.29 is 0 Å². The van der Waals surface area contributed by atoms with Crippen molar-refractivity contribution in [2.75, 3.05) is 6.54 Å². The number of hydrogen-bond donors (Lipinski definition) is 2. The molecule has 0 atom stereocenters. The summed E-state index contributed by atoms with van der Waals surface area (Å²) in [7, 11) is 0. The quantitative estimate of drug-likeness (QED) is 0.545. The van der Waals surface area contributed by atoms with Gasteiger partial charge in [0.15, 0.2) is 0 Å². The van der Waals surface area contributed by atoms with Gasteiger partial charge in [0.1, 0.15) is 0 Å². The fourth-order valence-electron chi connectivity index (χ4n) is 0.652. The van der Waals surface area contributed by atoms with Gasteiger partial charge in [0.25, 0.3) is 0 Å². The predicted octanol–water partition coefficient (Wildman–Crippen LogP) is -0.382. The van der Waals surface area contributed by atoms with Gasteiger partial charge in [-0.1, -0.05) is 6.08 Å². The van der Waals surface area contributed by atoms with E-state index in [1.165, 1.54) is 0 Å². The summed E-state index contributed by atoms with van der Waals surface area (Å²) in [6, 6.07) is 0. The summed E-state index contributed by atoms with van der Waals surface area (Å²) in [5.41, 5.74) is 11.4. The number of guanidine groups is 1. The van der Waals surface area contributed by atoms with Crippen LogP contribution in [0.5, 0.6) is 0 Å². The molecule has 0 spiro atoms. The van der Waals surface area contributed by atoms with Crippen molar-refractivity contribution in [2.45, 2.75) is 6.42 Å².